The predicted octanol–water partition coefficient (Wildman–Crippen LogP) is 3.39. The summed E-state index contributed by atoms with van der Waals surface area (Å²) in [5.41, 5.74) is 8.20. The van der Waals surface area contributed by atoms with Crippen LogP contribution in [-0.2, 0) is 0 Å². The summed E-state index contributed by atoms with van der Waals surface area (Å²) in [6.07, 6.45) is 3.15. The summed E-state index contributed by atoms with van der Waals surface area (Å²) >= 11 is 0. The van der Waals surface area contributed by atoms with Gasteiger partial charge >= 0.3 is 0 Å². The van der Waals surface area contributed by atoms with Crippen LogP contribution in [0.15, 0.2) is 73.1 Å². The molecule has 2 aromatic heterocycles. The molecule has 0 unspecified atom stereocenters. The van der Waals surface area contributed by atoms with Crippen molar-refractivity contribution in [1.29, 1.82) is 0 Å². The van der Waals surface area contributed by atoms with Crippen LogP contribution in [0.3, 0.4) is 0 Å². The molecule has 2 amide bonds. The molecule has 0 radical (unpaired) electrons. The van der Waals surface area contributed by atoms with Gasteiger partial charge in [-0.1, -0.05) is 29.8 Å². The number of amides is 2. The van der Waals surface area contributed by atoms with Crippen molar-refractivity contribution < 1.29 is 14.0 Å². The summed E-state index contributed by atoms with van der Waals surface area (Å²) in [4.78, 5) is 27.7. The molecular formula is C22H18FN5O2. The Morgan fingerprint density at radius 1 is 0.967 bits per heavy atom. The van der Waals surface area contributed by atoms with Gasteiger partial charge < -0.3 is 4.98 Å². The van der Waals surface area contributed by atoms with Crippen LogP contribution in [0.1, 0.15) is 26.4 Å². The number of H-pyrrole nitrogens is 1. The molecule has 30 heavy (non-hydrogen) atoms. The minimum absolute atomic E-state index is 0.259. The number of nitrogens with zero attached hydrogens (tertiary/aromatic N) is 2. The maximum Gasteiger partial charge on any atom is 0.286 e. The Morgan fingerprint density at radius 3 is 2.33 bits per heavy atom. The van der Waals surface area contributed by atoms with E-state index in [0.717, 1.165) is 11.1 Å². The van der Waals surface area contributed by atoms with Crippen molar-refractivity contribution in [2.45, 2.75) is 6.92 Å². The Hall–Kier alpha value is -4.20. The number of rotatable bonds is 4. The summed E-state index contributed by atoms with van der Waals surface area (Å²) in [5, 5.41) is 4.52. The summed E-state index contributed by atoms with van der Waals surface area (Å²) in [7, 11) is 0. The Morgan fingerprint density at radius 2 is 1.67 bits per heavy atom. The van der Waals surface area contributed by atoms with Gasteiger partial charge in [0.15, 0.2) is 0 Å². The van der Waals surface area contributed by atoms with Crippen LogP contribution in [0, 0.1) is 12.7 Å². The Bertz CT molecular complexity index is 1180. The summed E-state index contributed by atoms with van der Waals surface area (Å²) < 4.78 is 14.8. The van der Waals surface area contributed by atoms with Crippen LogP contribution in [0.4, 0.5) is 4.39 Å². The molecule has 4 aromatic rings. The standard InChI is InChI=1S/C22H18FN5O2/c1-14-4-6-15(7-5-14)20-18(13-28(27-20)17-10-8-16(23)9-11-17)21(29)25-26-22(30)19-3-2-12-24-19/h2-13,24H,1H3,(H,25,29)(H,26,30). The number of carbonyl (C=O) groups excluding carboxylic acids is 2. The largest absolute Gasteiger partial charge is 0.357 e. The van der Waals surface area contributed by atoms with Gasteiger partial charge in [-0.3, -0.25) is 20.4 Å². The molecule has 4 rings (SSSR count). The van der Waals surface area contributed by atoms with E-state index in [2.05, 4.69) is 20.9 Å². The highest BCUT2D eigenvalue weighted by Gasteiger charge is 2.19. The Labute approximate surface area is 171 Å². The van der Waals surface area contributed by atoms with Gasteiger partial charge in [0, 0.05) is 18.0 Å². The molecule has 150 valence electrons. The first-order valence-corrected chi connectivity index (χ1v) is 9.18. The Balaban J connectivity index is 1.65. The second kappa shape index (κ2) is 8.04. The van der Waals surface area contributed by atoms with E-state index in [1.54, 1.807) is 36.7 Å². The lowest BCUT2D eigenvalue weighted by molar-refractivity contribution is 0.0844. The second-order valence-electron chi connectivity index (χ2n) is 6.67. The first-order chi connectivity index (χ1) is 14.5. The number of aromatic amines is 1. The maximum atomic E-state index is 13.3. The SMILES string of the molecule is Cc1ccc(-c2nn(-c3ccc(F)cc3)cc2C(=O)NNC(=O)c2ccc[nH]2)cc1. The van der Waals surface area contributed by atoms with Crippen LogP contribution in [0.2, 0.25) is 0 Å². The molecule has 0 spiro atoms. The fourth-order valence-corrected chi connectivity index (χ4v) is 2.91. The molecule has 0 bridgehead atoms. The zero-order valence-electron chi connectivity index (χ0n) is 16.0. The molecule has 0 aliphatic heterocycles. The third-order valence-corrected chi connectivity index (χ3v) is 4.51. The monoisotopic (exact) mass is 403 g/mol. The maximum absolute atomic E-state index is 13.3. The minimum Gasteiger partial charge on any atom is -0.357 e. The molecule has 2 aromatic carbocycles. The minimum atomic E-state index is -0.529. The quantitative estimate of drug-likeness (QED) is 0.456. The lowest BCUT2D eigenvalue weighted by Gasteiger charge is -2.06. The molecule has 0 fully saturated rings. The number of hydrazine groups is 1. The van der Waals surface area contributed by atoms with Crippen molar-refractivity contribution in [3.63, 3.8) is 0 Å². The number of hydrogen-bond donors (Lipinski definition) is 3. The van der Waals surface area contributed by atoms with Gasteiger partial charge in [0.2, 0.25) is 0 Å². The van der Waals surface area contributed by atoms with Gasteiger partial charge in [-0.15, -0.1) is 0 Å². The van der Waals surface area contributed by atoms with Gasteiger partial charge in [-0.05, 0) is 43.3 Å². The predicted molar refractivity (Wildman–Crippen MR) is 109 cm³/mol. The molecule has 8 heteroatoms. The highest BCUT2D eigenvalue weighted by molar-refractivity contribution is 6.02. The normalized spacial score (nSPS) is 10.6. The van der Waals surface area contributed by atoms with Crippen molar-refractivity contribution in [3.8, 4) is 16.9 Å². The van der Waals surface area contributed by atoms with E-state index < -0.39 is 11.8 Å². The molecule has 2 heterocycles. The van der Waals surface area contributed by atoms with Crippen LogP contribution in [0.5, 0.6) is 0 Å². The van der Waals surface area contributed by atoms with Crippen molar-refractivity contribution in [2.24, 2.45) is 0 Å². The molecular weight excluding hydrogens is 385 g/mol. The van der Waals surface area contributed by atoms with E-state index in [1.807, 2.05) is 31.2 Å². The van der Waals surface area contributed by atoms with E-state index in [-0.39, 0.29) is 11.4 Å². The topological polar surface area (TPSA) is 91.8 Å². The van der Waals surface area contributed by atoms with E-state index in [0.29, 0.717) is 17.1 Å². The highest BCUT2D eigenvalue weighted by Crippen LogP contribution is 2.24. The van der Waals surface area contributed by atoms with Gasteiger partial charge in [-0.25, -0.2) is 9.07 Å². The van der Waals surface area contributed by atoms with E-state index in [1.165, 1.54) is 16.8 Å². The van der Waals surface area contributed by atoms with Crippen LogP contribution in [-0.4, -0.2) is 26.6 Å². The van der Waals surface area contributed by atoms with Crippen molar-refractivity contribution in [1.82, 2.24) is 25.6 Å². The first kappa shape index (κ1) is 19.1. The third kappa shape index (κ3) is 3.97. The highest BCUT2D eigenvalue weighted by atomic mass is 19.1. The van der Waals surface area contributed by atoms with Crippen LogP contribution < -0.4 is 10.9 Å². The molecule has 3 N–H and O–H groups in total. The van der Waals surface area contributed by atoms with Crippen molar-refractivity contribution >= 4 is 11.8 Å². The van der Waals surface area contributed by atoms with Gasteiger partial charge in [0.25, 0.3) is 11.8 Å². The second-order valence-corrected chi connectivity index (χ2v) is 6.67. The molecule has 0 atom stereocenters. The lowest BCUT2D eigenvalue weighted by Crippen LogP contribution is -2.41. The average Bonchev–Trinajstić information content (AvgIpc) is 3.43. The average molecular weight is 403 g/mol. The number of aromatic nitrogens is 3. The van der Waals surface area contributed by atoms with Crippen molar-refractivity contribution in [2.75, 3.05) is 0 Å². The van der Waals surface area contributed by atoms with Crippen LogP contribution in [0.25, 0.3) is 16.9 Å². The first-order valence-electron chi connectivity index (χ1n) is 9.18. The number of hydrogen-bond acceptors (Lipinski definition) is 3. The van der Waals surface area contributed by atoms with Crippen LogP contribution >= 0.6 is 0 Å². The molecule has 7 nitrogen and oxygen atoms in total. The van der Waals surface area contributed by atoms with Gasteiger partial charge in [-0.2, -0.15) is 5.10 Å². The summed E-state index contributed by atoms with van der Waals surface area (Å²) in [6.45, 7) is 1.96. The zero-order chi connectivity index (χ0) is 21.1. The fraction of sp³-hybridized carbons (Fsp3) is 0.0455. The molecule has 0 saturated heterocycles. The summed E-state index contributed by atoms with van der Waals surface area (Å²) in [6, 6.07) is 16.6. The molecule has 0 saturated carbocycles. The summed E-state index contributed by atoms with van der Waals surface area (Å²) in [5.74, 6) is -1.37. The number of benzene rings is 2. The fourth-order valence-electron chi connectivity index (χ4n) is 2.91. The zero-order valence-corrected chi connectivity index (χ0v) is 16.0. The third-order valence-electron chi connectivity index (χ3n) is 4.51. The smallest absolute Gasteiger partial charge is 0.286 e. The molecule has 0 aliphatic rings. The van der Waals surface area contributed by atoms with E-state index in [9.17, 15) is 14.0 Å². The number of halogens is 1. The Kier molecular flexibility index (Phi) is 5.13. The number of nitrogens with one attached hydrogen (secondary N) is 3. The van der Waals surface area contributed by atoms with Crippen molar-refractivity contribution in [3.05, 3.63) is 95.7 Å². The number of carbonyl (C=O) groups is 2. The van der Waals surface area contributed by atoms with E-state index >= 15 is 0 Å². The number of aryl methyl sites for hydroxylation is 1. The molecule has 0 aliphatic carbocycles. The van der Waals surface area contributed by atoms with Gasteiger partial charge in [0.05, 0.1) is 11.3 Å². The van der Waals surface area contributed by atoms with Gasteiger partial charge in [0.1, 0.15) is 17.2 Å². The lowest BCUT2D eigenvalue weighted by atomic mass is 10.1. The van der Waals surface area contributed by atoms with E-state index in [4.69, 9.17) is 0 Å².